The van der Waals surface area contributed by atoms with Crippen LogP contribution in [0.5, 0.6) is 5.75 Å². The standard InChI is InChI=1S/C26H24F3NO/c1-5-19(20-8-7-9-22(15-20)31-6-2)11-10-17(3)25-14-18(4)23-16-21(26(27,28)29)12-13-24(23)30-25/h5,7-16H,1,6H2,2-4H3/b17-10+,19-11+. The van der Waals surface area contributed by atoms with E-state index in [-0.39, 0.29) is 0 Å². The average Bonchev–Trinajstić information content (AvgIpc) is 2.73. The van der Waals surface area contributed by atoms with Crippen LogP contribution in [0, 0.1) is 6.92 Å². The van der Waals surface area contributed by atoms with E-state index >= 15 is 0 Å². The lowest BCUT2D eigenvalue weighted by Crippen LogP contribution is -2.05. The van der Waals surface area contributed by atoms with E-state index in [4.69, 9.17) is 4.74 Å². The molecule has 2 nitrogen and oxygen atoms in total. The first-order chi connectivity index (χ1) is 14.7. The molecule has 0 spiro atoms. The van der Waals surface area contributed by atoms with Crippen LogP contribution in [0.2, 0.25) is 0 Å². The topological polar surface area (TPSA) is 22.1 Å². The fourth-order valence-electron chi connectivity index (χ4n) is 3.29. The normalized spacial score (nSPS) is 12.8. The molecule has 0 radical (unpaired) electrons. The zero-order valence-corrected chi connectivity index (χ0v) is 17.8. The second kappa shape index (κ2) is 9.21. The summed E-state index contributed by atoms with van der Waals surface area (Å²) in [5.41, 5.74) is 4.13. The molecule has 3 aromatic rings. The van der Waals surface area contributed by atoms with Crippen molar-refractivity contribution in [1.82, 2.24) is 4.98 Å². The smallest absolute Gasteiger partial charge is 0.416 e. The lowest BCUT2D eigenvalue weighted by Gasteiger charge is -2.11. The number of nitrogens with zero attached hydrogens (tertiary/aromatic N) is 1. The van der Waals surface area contributed by atoms with Crippen molar-refractivity contribution in [2.24, 2.45) is 0 Å². The van der Waals surface area contributed by atoms with Gasteiger partial charge in [0.2, 0.25) is 0 Å². The van der Waals surface area contributed by atoms with Crippen LogP contribution >= 0.6 is 0 Å². The fraction of sp³-hybridized carbons (Fsp3) is 0.192. The number of aromatic nitrogens is 1. The van der Waals surface area contributed by atoms with Gasteiger partial charge in [-0.05, 0) is 79.4 Å². The van der Waals surface area contributed by atoms with Crippen LogP contribution in [0.15, 0.2) is 73.3 Å². The lowest BCUT2D eigenvalue weighted by atomic mass is 10.0. The summed E-state index contributed by atoms with van der Waals surface area (Å²) in [6, 6.07) is 13.2. The summed E-state index contributed by atoms with van der Waals surface area (Å²) in [5, 5.41) is 0.501. The van der Waals surface area contributed by atoms with E-state index in [9.17, 15) is 13.2 Å². The zero-order chi connectivity index (χ0) is 22.6. The first-order valence-corrected chi connectivity index (χ1v) is 9.96. The quantitative estimate of drug-likeness (QED) is 0.380. The molecule has 0 N–H and O–H groups in total. The maximum atomic E-state index is 13.0. The number of halogens is 3. The minimum atomic E-state index is -4.37. The Morgan fingerprint density at radius 3 is 2.55 bits per heavy atom. The van der Waals surface area contributed by atoms with Gasteiger partial charge in [-0.15, -0.1) is 0 Å². The number of hydrogen-bond donors (Lipinski definition) is 0. The molecular weight excluding hydrogens is 399 g/mol. The highest BCUT2D eigenvalue weighted by Gasteiger charge is 2.30. The van der Waals surface area contributed by atoms with Crippen LogP contribution in [-0.2, 0) is 6.18 Å². The third kappa shape index (κ3) is 5.23. The summed E-state index contributed by atoms with van der Waals surface area (Å²) < 4.78 is 44.6. The maximum Gasteiger partial charge on any atom is 0.416 e. The molecule has 0 saturated carbocycles. The van der Waals surface area contributed by atoms with Gasteiger partial charge in [0, 0.05) is 5.39 Å². The molecule has 0 saturated heterocycles. The molecule has 0 aliphatic rings. The highest BCUT2D eigenvalue weighted by atomic mass is 19.4. The molecule has 0 amide bonds. The van der Waals surface area contributed by atoms with Crippen LogP contribution in [0.1, 0.15) is 36.2 Å². The van der Waals surface area contributed by atoms with Crippen LogP contribution < -0.4 is 4.74 Å². The number of rotatable bonds is 6. The monoisotopic (exact) mass is 423 g/mol. The van der Waals surface area contributed by atoms with E-state index < -0.39 is 11.7 Å². The second-order valence-corrected chi connectivity index (χ2v) is 7.19. The number of ether oxygens (including phenoxy) is 1. The molecule has 1 aromatic heterocycles. The van der Waals surface area contributed by atoms with Crippen molar-refractivity contribution in [3.8, 4) is 5.75 Å². The van der Waals surface area contributed by atoms with E-state index in [1.54, 1.807) is 13.0 Å². The van der Waals surface area contributed by atoms with Crippen molar-refractivity contribution in [2.75, 3.05) is 6.61 Å². The molecule has 0 aliphatic heterocycles. The zero-order valence-electron chi connectivity index (χ0n) is 17.8. The van der Waals surface area contributed by atoms with E-state index in [2.05, 4.69) is 11.6 Å². The van der Waals surface area contributed by atoms with Crippen molar-refractivity contribution in [3.63, 3.8) is 0 Å². The molecule has 0 fully saturated rings. The average molecular weight is 423 g/mol. The fourth-order valence-corrected chi connectivity index (χ4v) is 3.29. The Balaban J connectivity index is 1.96. The number of pyridine rings is 1. The first kappa shape index (κ1) is 22.3. The Morgan fingerprint density at radius 2 is 1.87 bits per heavy atom. The second-order valence-electron chi connectivity index (χ2n) is 7.19. The Bertz CT molecular complexity index is 1170. The Kier molecular flexibility index (Phi) is 6.64. The van der Waals surface area contributed by atoms with Crippen LogP contribution in [0.25, 0.3) is 22.0 Å². The van der Waals surface area contributed by atoms with Crippen LogP contribution in [-0.4, -0.2) is 11.6 Å². The van der Waals surface area contributed by atoms with Crippen molar-refractivity contribution in [2.45, 2.75) is 26.9 Å². The maximum absolute atomic E-state index is 13.0. The highest BCUT2D eigenvalue weighted by Crippen LogP contribution is 2.32. The molecule has 0 bridgehead atoms. The van der Waals surface area contributed by atoms with Gasteiger partial charge < -0.3 is 4.74 Å². The summed E-state index contributed by atoms with van der Waals surface area (Å²) in [4.78, 5) is 4.56. The summed E-state index contributed by atoms with van der Waals surface area (Å²) in [5.74, 6) is 0.790. The number of benzene rings is 2. The van der Waals surface area contributed by atoms with Crippen LogP contribution in [0.3, 0.4) is 0 Å². The SMILES string of the molecule is C=C/C(=C\C=C(/C)c1cc(C)c2cc(C(F)(F)F)ccc2n1)c1cccc(OCC)c1. The Morgan fingerprint density at radius 1 is 1.10 bits per heavy atom. The lowest BCUT2D eigenvalue weighted by molar-refractivity contribution is -0.137. The van der Waals surface area contributed by atoms with Crippen LogP contribution in [0.4, 0.5) is 13.2 Å². The number of aryl methyl sites for hydroxylation is 1. The molecule has 2 aromatic carbocycles. The summed E-state index contributed by atoms with van der Waals surface area (Å²) in [7, 11) is 0. The van der Waals surface area contributed by atoms with Gasteiger partial charge >= 0.3 is 6.18 Å². The number of alkyl halides is 3. The van der Waals surface area contributed by atoms with Gasteiger partial charge in [0.1, 0.15) is 5.75 Å². The number of fused-ring (bicyclic) bond motifs is 1. The molecule has 160 valence electrons. The molecule has 5 heteroatoms. The predicted molar refractivity (Wildman–Crippen MR) is 121 cm³/mol. The van der Waals surface area contributed by atoms with E-state index in [0.717, 1.165) is 40.2 Å². The molecular formula is C26H24F3NO. The third-order valence-electron chi connectivity index (χ3n) is 4.96. The van der Waals surface area contributed by atoms with Gasteiger partial charge in [-0.25, -0.2) is 4.98 Å². The number of allylic oxidation sites excluding steroid dienone is 5. The minimum absolute atomic E-state index is 0.501. The summed E-state index contributed by atoms with van der Waals surface area (Å²) in [6.45, 7) is 10.1. The predicted octanol–water partition coefficient (Wildman–Crippen LogP) is 7.63. The Hall–Kier alpha value is -3.34. The Labute approximate surface area is 180 Å². The molecule has 3 rings (SSSR count). The first-order valence-electron chi connectivity index (χ1n) is 9.96. The van der Waals surface area contributed by atoms with Crippen molar-refractivity contribution >= 4 is 22.0 Å². The summed E-state index contributed by atoms with van der Waals surface area (Å²) in [6.07, 6.45) is 1.27. The van der Waals surface area contributed by atoms with E-state index in [1.165, 1.54) is 6.07 Å². The minimum Gasteiger partial charge on any atom is -0.494 e. The molecule has 1 heterocycles. The summed E-state index contributed by atoms with van der Waals surface area (Å²) >= 11 is 0. The van der Waals surface area contributed by atoms with Gasteiger partial charge in [-0.1, -0.05) is 36.9 Å². The molecule has 0 aliphatic carbocycles. The van der Waals surface area contributed by atoms with Gasteiger partial charge in [-0.3, -0.25) is 0 Å². The van der Waals surface area contributed by atoms with Crippen molar-refractivity contribution in [1.29, 1.82) is 0 Å². The van der Waals surface area contributed by atoms with Gasteiger partial charge in [0.25, 0.3) is 0 Å². The number of hydrogen-bond acceptors (Lipinski definition) is 2. The molecule has 31 heavy (non-hydrogen) atoms. The van der Waals surface area contributed by atoms with Gasteiger partial charge in [-0.2, -0.15) is 13.2 Å². The van der Waals surface area contributed by atoms with Gasteiger partial charge in [0.05, 0.1) is 23.4 Å². The highest BCUT2D eigenvalue weighted by molar-refractivity contribution is 5.85. The van der Waals surface area contributed by atoms with E-state index in [0.29, 0.717) is 23.2 Å². The molecule has 0 unspecified atom stereocenters. The van der Waals surface area contributed by atoms with E-state index in [1.807, 2.05) is 56.3 Å². The molecule has 0 atom stereocenters. The van der Waals surface area contributed by atoms with Crippen molar-refractivity contribution < 1.29 is 17.9 Å². The largest absolute Gasteiger partial charge is 0.494 e. The van der Waals surface area contributed by atoms with Crippen molar-refractivity contribution in [3.05, 3.63) is 95.7 Å². The third-order valence-corrected chi connectivity index (χ3v) is 4.96. The van der Waals surface area contributed by atoms with Gasteiger partial charge in [0.15, 0.2) is 0 Å².